The Morgan fingerprint density at radius 3 is 2.90 bits per heavy atom. The molecule has 0 saturated heterocycles. The first-order valence-corrected chi connectivity index (χ1v) is 6.83. The Bertz CT molecular complexity index is 677. The van der Waals surface area contributed by atoms with Crippen molar-refractivity contribution in [2.45, 2.75) is 6.04 Å². The summed E-state index contributed by atoms with van der Waals surface area (Å²) in [5, 5.41) is 14.0. The van der Waals surface area contributed by atoms with Crippen molar-refractivity contribution in [3.63, 3.8) is 0 Å². The number of ether oxygens (including phenoxy) is 1. The minimum Gasteiger partial charge on any atom is -0.480 e. The van der Waals surface area contributed by atoms with Crippen LogP contribution in [0.4, 0.5) is 10.5 Å². The van der Waals surface area contributed by atoms with Crippen molar-refractivity contribution in [1.82, 2.24) is 14.1 Å². The second-order valence-electron chi connectivity index (χ2n) is 4.00. The van der Waals surface area contributed by atoms with Crippen molar-refractivity contribution in [3.05, 3.63) is 17.2 Å². The van der Waals surface area contributed by atoms with E-state index < -0.39 is 18.0 Å². The summed E-state index contributed by atoms with van der Waals surface area (Å²) in [6.07, 6.45) is 0. The van der Waals surface area contributed by atoms with Gasteiger partial charge in [0.15, 0.2) is 6.04 Å². The van der Waals surface area contributed by atoms with Crippen molar-refractivity contribution >= 4 is 52.1 Å². The van der Waals surface area contributed by atoms with Gasteiger partial charge in [-0.25, -0.2) is 9.59 Å². The maximum absolute atomic E-state index is 11.9. The van der Waals surface area contributed by atoms with Crippen molar-refractivity contribution < 1.29 is 19.4 Å². The van der Waals surface area contributed by atoms with Gasteiger partial charge in [0.2, 0.25) is 0 Å². The molecule has 0 spiro atoms. The Balaban J connectivity index is 2.16. The van der Waals surface area contributed by atoms with Crippen molar-refractivity contribution in [2.75, 3.05) is 19.0 Å². The summed E-state index contributed by atoms with van der Waals surface area (Å²) in [5.41, 5.74) is 1.31. The van der Waals surface area contributed by atoms with Gasteiger partial charge in [-0.2, -0.15) is 8.75 Å². The van der Waals surface area contributed by atoms with Crippen LogP contribution >= 0.6 is 23.3 Å². The van der Waals surface area contributed by atoms with Crippen LogP contribution < -0.4 is 10.6 Å². The highest BCUT2D eigenvalue weighted by Crippen LogP contribution is 2.29. The summed E-state index contributed by atoms with van der Waals surface area (Å²) in [5.74, 6) is -1.20. The predicted molar refractivity (Wildman–Crippen MR) is 77.9 cm³/mol. The van der Waals surface area contributed by atoms with E-state index in [9.17, 15) is 9.59 Å². The average Bonchev–Trinajstić information content (AvgIpc) is 2.90. The Morgan fingerprint density at radius 2 is 2.24 bits per heavy atom. The zero-order valence-corrected chi connectivity index (χ0v) is 12.4. The van der Waals surface area contributed by atoms with Crippen LogP contribution in [0.5, 0.6) is 0 Å². The van der Waals surface area contributed by atoms with E-state index in [1.807, 2.05) is 0 Å². The number of carbonyl (C=O) groups is 2. The van der Waals surface area contributed by atoms with Crippen LogP contribution in [0, 0.1) is 0 Å². The van der Waals surface area contributed by atoms with Crippen molar-refractivity contribution in [1.29, 1.82) is 0 Å². The highest BCUT2D eigenvalue weighted by molar-refractivity contribution is 7.00. The zero-order valence-electron chi connectivity index (χ0n) is 10.8. The summed E-state index contributed by atoms with van der Waals surface area (Å²) in [6, 6.07) is 1.36. The summed E-state index contributed by atoms with van der Waals surface area (Å²) in [7, 11) is 1.34. The number of nitrogens with one attached hydrogen (secondary N) is 2. The van der Waals surface area contributed by atoms with Gasteiger partial charge in [0.25, 0.3) is 0 Å². The minimum absolute atomic E-state index is 0.154. The number of hydrogen-bond donors (Lipinski definition) is 3. The molecule has 21 heavy (non-hydrogen) atoms. The second kappa shape index (κ2) is 6.66. The van der Waals surface area contributed by atoms with Crippen LogP contribution in [0.3, 0.4) is 0 Å². The number of methoxy groups -OCH3 is 1. The number of aromatic nitrogens is 2. The lowest BCUT2D eigenvalue weighted by Gasteiger charge is -2.14. The van der Waals surface area contributed by atoms with Gasteiger partial charge in [0.1, 0.15) is 11.0 Å². The summed E-state index contributed by atoms with van der Waals surface area (Å²) >= 11 is 7.00. The van der Waals surface area contributed by atoms with E-state index in [4.69, 9.17) is 21.4 Å². The number of benzene rings is 1. The molecule has 10 heteroatoms. The van der Waals surface area contributed by atoms with Crippen LogP contribution in [0.1, 0.15) is 0 Å². The van der Waals surface area contributed by atoms with Crippen LogP contribution in [0.25, 0.3) is 11.0 Å². The van der Waals surface area contributed by atoms with E-state index in [-0.39, 0.29) is 17.3 Å². The number of fused-ring (bicyclic) bond motifs is 1. The Morgan fingerprint density at radius 1 is 1.48 bits per heavy atom. The van der Waals surface area contributed by atoms with E-state index in [0.717, 1.165) is 11.7 Å². The highest BCUT2D eigenvalue weighted by atomic mass is 35.5. The average molecular weight is 331 g/mol. The topological polar surface area (TPSA) is 113 Å². The molecule has 1 aromatic carbocycles. The molecule has 0 aliphatic rings. The van der Waals surface area contributed by atoms with Crippen LogP contribution in [0.2, 0.25) is 5.02 Å². The van der Waals surface area contributed by atoms with Gasteiger partial charge in [0, 0.05) is 7.11 Å². The molecule has 1 unspecified atom stereocenters. The monoisotopic (exact) mass is 330 g/mol. The molecule has 112 valence electrons. The number of halogens is 1. The predicted octanol–water partition coefficient (Wildman–Crippen LogP) is 1.57. The van der Waals surface area contributed by atoms with Gasteiger partial charge in [-0.15, -0.1) is 0 Å². The number of amides is 2. The van der Waals surface area contributed by atoms with E-state index in [2.05, 4.69) is 19.4 Å². The molecule has 2 amide bonds. The van der Waals surface area contributed by atoms with Gasteiger partial charge in [0.05, 0.1) is 29.0 Å². The van der Waals surface area contributed by atoms with E-state index in [1.165, 1.54) is 7.11 Å². The van der Waals surface area contributed by atoms with E-state index in [0.29, 0.717) is 11.0 Å². The summed E-state index contributed by atoms with van der Waals surface area (Å²) in [4.78, 5) is 22.8. The molecule has 0 bridgehead atoms. The van der Waals surface area contributed by atoms with Gasteiger partial charge in [-0.1, -0.05) is 11.6 Å². The Hall–Kier alpha value is -1.97. The highest BCUT2D eigenvalue weighted by Gasteiger charge is 2.21. The van der Waals surface area contributed by atoms with Crippen LogP contribution in [-0.4, -0.2) is 45.6 Å². The molecule has 2 rings (SSSR count). The smallest absolute Gasteiger partial charge is 0.328 e. The van der Waals surface area contributed by atoms with E-state index in [1.54, 1.807) is 12.1 Å². The fourth-order valence-electron chi connectivity index (χ4n) is 1.59. The quantitative estimate of drug-likeness (QED) is 0.766. The van der Waals surface area contributed by atoms with Crippen molar-refractivity contribution in [3.8, 4) is 0 Å². The standard InChI is InChI=1S/C11H11ClN4O4S/c1-20-4-7(10(17)18)13-11(19)14-8-5(12)2-3-6-9(8)16-21-15-6/h2-3,7H,4H2,1H3,(H,17,18)(H2,13,14,19). The normalized spacial score (nSPS) is 12.1. The Kier molecular flexibility index (Phi) is 4.89. The number of carbonyl (C=O) groups excluding carboxylic acids is 1. The third-order valence-electron chi connectivity index (χ3n) is 2.55. The number of aliphatic carboxylic acids is 1. The van der Waals surface area contributed by atoms with Crippen LogP contribution in [0.15, 0.2) is 12.1 Å². The molecule has 8 nitrogen and oxygen atoms in total. The number of carboxylic acid groups (broad SMARTS) is 1. The van der Waals surface area contributed by atoms with Crippen molar-refractivity contribution in [2.24, 2.45) is 0 Å². The second-order valence-corrected chi connectivity index (χ2v) is 4.93. The zero-order chi connectivity index (χ0) is 15.4. The SMILES string of the molecule is COCC(NC(=O)Nc1c(Cl)ccc2nsnc12)C(=O)O. The fraction of sp³-hybridized carbons (Fsp3) is 0.273. The first kappa shape index (κ1) is 15.4. The first-order chi connectivity index (χ1) is 10.0. The fourth-order valence-corrected chi connectivity index (χ4v) is 2.34. The maximum atomic E-state index is 11.9. The molecule has 2 aromatic rings. The largest absolute Gasteiger partial charge is 0.480 e. The molecule has 0 aliphatic heterocycles. The maximum Gasteiger partial charge on any atom is 0.328 e. The lowest BCUT2D eigenvalue weighted by atomic mass is 10.2. The number of nitrogens with zero attached hydrogens (tertiary/aromatic N) is 2. The number of carboxylic acids is 1. The number of urea groups is 1. The Labute approximate surface area is 128 Å². The summed E-state index contributed by atoms with van der Waals surface area (Å²) in [6.45, 7) is -0.154. The van der Waals surface area contributed by atoms with Gasteiger partial charge < -0.3 is 20.5 Å². The first-order valence-electron chi connectivity index (χ1n) is 5.73. The molecule has 3 N–H and O–H groups in total. The number of rotatable bonds is 5. The molecule has 0 radical (unpaired) electrons. The lowest BCUT2D eigenvalue weighted by Crippen LogP contribution is -2.45. The number of hydrogen-bond acceptors (Lipinski definition) is 6. The molecular weight excluding hydrogens is 320 g/mol. The third kappa shape index (κ3) is 3.57. The molecule has 0 saturated carbocycles. The van der Waals surface area contributed by atoms with Gasteiger partial charge in [-0.3, -0.25) is 0 Å². The minimum atomic E-state index is -1.20. The molecule has 1 aromatic heterocycles. The van der Waals surface area contributed by atoms with E-state index >= 15 is 0 Å². The molecular formula is C11H11ClN4O4S. The molecule has 1 atom stereocenters. The summed E-state index contributed by atoms with van der Waals surface area (Å²) < 4.78 is 12.8. The lowest BCUT2D eigenvalue weighted by molar-refractivity contribution is -0.140. The molecule has 0 aliphatic carbocycles. The number of anilines is 1. The van der Waals surface area contributed by atoms with Gasteiger partial charge >= 0.3 is 12.0 Å². The van der Waals surface area contributed by atoms with Gasteiger partial charge in [-0.05, 0) is 12.1 Å². The third-order valence-corrected chi connectivity index (χ3v) is 3.41. The van der Waals surface area contributed by atoms with Crippen LogP contribution in [-0.2, 0) is 9.53 Å². The molecule has 0 fully saturated rings. The molecule has 1 heterocycles.